The van der Waals surface area contributed by atoms with Crippen LogP contribution in [-0.2, 0) is 13.1 Å². The Morgan fingerprint density at radius 2 is 1.92 bits per heavy atom. The Morgan fingerprint density at radius 1 is 1.04 bits per heavy atom. The summed E-state index contributed by atoms with van der Waals surface area (Å²) >= 11 is 0. The van der Waals surface area contributed by atoms with Crippen LogP contribution in [0.3, 0.4) is 0 Å². The molecule has 0 aliphatic carbocycles. The van der Waals surface area contributed by atoms with Crippen molar-refractivity contribution in [2.45, 2.75) is 32.4 Å². The van der Waals surface area contributed by atoms with Crippen LogP contribution < -0.4 is 0 Å². The topological polar surface area (TPSA) is 38.9 Å². The third-order valence-electron chi connectivity index (χ3n) is 5.11. The predicted octanol–water partition coefficient (Wildman–Crippen LogP) is 3.04. The van der Waals surface area contributed by atoms with Gasteiger partial charge in [0.1, 0.15) is 0 Å². The second kappa shape index (κ2) is 7.18. The van der Waals surface area contributed by atoms with Crippen molar-refractivity contribution in [3.63, 3.8) is 0 Å². The van der Waals surface area contributed by atoms with Crippen LogP contribution in [-0.4, -0.2) is 43.9 Å². The van der Waals surface area contributed by atoms with Crippen LogP contribution in [0, 0.1) is 5.92 Å². The number of para-hydroxylation sites is 2. The van der Waals surface area contributed by atoms with Crippen LogP contribution in [0.25, 0.3) is 11.0 Å². The molecule has 0 bridgehead atoms. The number of aryl methyl sites for hydroxylation is 1. The highest BCUT2D eigenvalue weighted by atomic mass is 15.3. The van der Waals surface area contributed by atoms with E-state index in [4.69, 9.17) is 0 Å². The molecule has 0 radical (unpaired) electrons. The van der Waals surface area contributed by atoms with Gasteiger partial charge in [0.05, 0.1) is 17.4 Å². The van der Waals surface area contributed by atoms with Gasteiger partial charge in [0.2, 0.25) is 0 Å². The van der Waals surface area contributed by atoms with Crippen molar-refractivity contribution in [3.05, 3.63) is 49.1 Å². The van der Waals surface area contributed by atoms with E-state index in [-0.39, 0.29) is 0 Å². The maximum atomic E-state index is 4.47. The van der Waals surface area contributed by atoms with Crippen molar-refractivity contribution in [3.8, 4) is 0 Å². The largest absolute Gasteiger partial charge is 0.331 e. The van der Waals surface area contributed by atoms with Crippen molar-refractivity contribution in [1.82, 2.24) is 24.2 Å². The van der Waals surface area contributed by atoms with E-state index in [1.54, 1.807) is 0 Å². The van der Waals surface area contributed by atoms with E-state index < -0.39 is 0 Å². The van der Waals surface area contributed by atoms with Crippen LogP contribution in [0.4, 0.5) is 0 Å². The number of piperidine rings is 1. The fourth-order valence-electron chi connectivity index (χ4n) is 3.72. The average Bonchev–Trinajstić information content (AvgIpc) is 3.27. The summed E-state index contributed by atoms with van der Waals surface area (Å²) in [6, 6.07) is 10.4. The summed E-state index contributed by atoms with van der Waals surface area (Å²) in [6.45, 7) is 5.74. The lowest BCUT2D eigenvalue weighted by atomic mass is 9.97. The van der Waals surface area contributed by atoms with E-state index in [9.17, 15) is 0 Å². The highest BCUT2D eigenvalue weighted by Gasteiger charge is 2.19. The van der Waals surface area contributed by atoms with E-state index >= 15 is 0 Å². The van der Waals surface area contributed by atoms with Gasteiger partial charge in [-0.2, -0.15) is 5.10 Å². The Bertz CT molecular complexity index is 753. The number of hydrogen-bond donors (Lipinski definition) is 0. The molecular formula is C19H25N5. The molecule has 0 atom stereocenters. The van der Waals surface area contributed by atoms with Crippen LogP contribution in [0.2, 0.25) is 0 Å². The van der Waals surface area contributed by atoms with Gasteiger partial charge in [-0.25, -0.2) is 4.98 Å². The molecule has 4 rings (SSSR count). The third kappa shape index (κ3) is 3.51. The van der Waals surface area contributed by atoms with Gasteiger partial charge in [-0.15, -0.1) is 0 Å². The Balaban J connectivity index is 1.22. The molecule has 24 heavy (non-hydrogen) atoms. The number of nitrogens with zero attached hydrogens (tertiary/aromatic N) is 5. The number of likely N-dealkylation sites (tertiary alicyclic amines) is 1. The first kappa shape index (κ1) is 15.4. The number of hydrogen-bond acceptors (Lipinski definition) is 3. The third-order valence-corrected chi connectivity index (χ3v) is 5.11. The first-order chi connectivity index (χ1) is 11.9. The minimum atomic E-state index is 0.777. The fourth-order valence-corrected chi connectivity index (χ4v) is 3.72. The summed E-state index contributed by atoms with van der Waals surface area (Å²) in [5, 5.41) is 4.33. The molecule has 1 fully saturated rings. The predicted molar refractivity (Wildman–Crippen MR) is 95.7 cm³/mol. The number of imidazole rings is 1. The van der Waals surface area contributed by atoms with Gasteiger partial charge < -0.3 is 9.47 Å². The molecule has 5 heteroatoms. The molecule has 1 aliphatic heterocycles. The van der Waals surface area contributed by atoms with Gasteiger partial charge in [0.15, 0.2) is 0 Å². The van der Waals surface area contributed by atoms with Crippen LogP contribution in [0.5, 0.6) is 0 Å². The van der Waals surface area contributed by atoms with E-state index in [1.165, 1.54) is 44.4 Å². The SMILES string of the molecule is c1ccc2c(c1)ncn2CCCN1CCC(Cn2cccn2)CC1. The first-order valence-corrected chi connectivity index (χ1v) is 8.98. The van der Waals surface area contributed by atoms with Crippen LogP contribution in [0.1, 0.15) is 19.3 Å². The maximum Gasteiger partial charge on any atom is 0.0958 e. The molecule has 0 unspecified atom stereocenters. The molecule has 2 aromatic heterocycles. The van der Waals surface area contributed by atoms with E-state index in [2.05, 4.69) is 48.6 Å². The standard InChI is InChI=1S/C19H25N5/c1-2-6-19-18(5-1)20-16-23(19)11-4-10-22-13-7-17(8-14-22)15-24-12-3-9-21-24/h1-3,5-6,9,12,16-17H,4,7-8,10-11,13-15H2. The molecule has 0 N–H and O–H groups in total. The quantitative estimate of drug-likeness (QED) is 0.700. The van der Waals surface area contributed by atoms with Crippen molar-refractivity contribution >= 4 is 11.0 Å². The van der Waals surface area contributed by atoms with E-state index in [1.807, 2.05) is 24.7 Å². The second-order valence-electron chi connectivity index (χ2n) is 6.79. The molecule has 3 heterocycles. The summed E-state index contributed by atoms with van der Waals surface area (Å²) in [7, 11) is 0. The lowest BCUT2D eigenvalue weighted by Gasteiger charge is -2.31. The van der Waals surface area contributed by atoms with Crippen molar-refractivity contribution in [2.24, 2.45) is 5.92 Å². The molecule has 0 saturated carbocycles. The Kier molecular flexibility index (Phi) is 4.60. The first-order valence-electron chi connectivity index (χ1n) is 8.98. The minimum Gasteiger partial charge on any atom is -0.331 e. The highest BCUT2D eigenvalue weighted by molar-refractivity contribution is 5.74. The number of rotatable bonds is 6. The molecule has 0 spiro atoms. The van der Waals surface area contributed by atoms with Gasteiger partial charge in [0.25, 0.3) is 0 Å². The molecule has 1 saturated heterocycles. The maximum absolute atomic E-state index is 4.47. The van der Waals surface area contributed by atoms with Crippen LogP contribution >= 0.6 is 0 Å². The average molecular weight is 323 g/mol. The Labute approximate surface area is 142 Å². The lowest BCUT2D eigenvalue weighted by molar-refractivity contribution is 0.168. The molecular weight excluding hydrogens is 298 g/mol. The van der Waals surface area contributed by atoms with Crippen molar-refractivity contribution in [2.75, 3.05) is 19.6 Å². The van der Waals surface area contributed by atoms with Gasteiger partial charge >= 0.3 is 0 Å². The number of aromatic nitrogens is 4. The normalized spacial score (nSPS) is 16.8. The highest BCUT2D eigenvalue weighted by Crippen LogP contribution is 2.19. The zero-order valence-corrected chi connectivity index (χ0v) is 14.1. The molecule has 126 valence electrons. The van der Waals surface area contributed by atoms with Crippen molar-refractivity contribution < 1.29 is 0 Å². The van der Waals surface area contributed by atoms with Gasteiger partial charge in [0, 0.05) is 25.5 Å². The lowest BCUT2D eigenvalue weighted by Crippen LogP contribution is -2.36. The van der Waals surface area contributed by atoms with Crippen LogP contribution in [0.15, 0.2) is 49.1 Å². The van der Waals surface area contributed by atoms with Gasteiger partial charge in [-0.3, -0.25) is 4.68 Å². The zero-order chi connectivity index (χ0) is 16.2. The zero-order valence-electron chi connectivity index (χ0n) is 14.1. The molecule has 5 nitrogen and oxygen atoms in total. The molecule has 1 aromatic carbocycles. The Morgan fingerprint density at radius 3 is 2.75 bits per heavy atom. The Hall–Kier alpha value is -2.14. The monoisotopic (exact) mass is 323 g/mol. The van der Waals surface area contributed by atoms with Gasteiger partial charge in [-0.05, 0) is 63.0 Å². The molecule has 0 amide bonds. The summed E-state index contributed by atoms with van der Waals surface area (Å²) in [6.07, 6.45) is 9.67. The van der Waals surface area contributed by atoms with Crippen molar-refractivity contribution in [1.29, 1.82) is 0 Å². The van der Waals surface area contributed by atoms with E-state index in [0.717, 1.165) is 24.5 Å². The van der Waals surface area contributed by atoms with Gasteiger partial charge in [-0.1, -0.05) is 12.1 Å². The molecule has 1 aliphatic rings. The smallest absolute Gasteiger partial charge is 0.0958 e. The summed E-state index contributed by atoms with van der Waals surface area (Å²) < 4.78 is 4.35. The van der Waals surface area contributed by atoms with E-state index in [0.29, 0.717) is 0 Å². The summed E-state index contributed by atoms with van der Waals surface area (Å²) in [4.78, 5) is 7.08. The minimum absolute atomic E-state index is 0.777. The summed E-state index contributed by atoms with van der Waals surface area (Å²) in [5.41, 5.74) is 2.34. The number of fused-ring (bicyclic) bond motifs is 1. The molecule has 3 aromatic rings. The fraction of sp³-hybridized carbons (Fsp3) is 0.474. The summed E-state index contributed by atoms with van der Waals surface area (Å²) in [5.74, 6) is 0.777. The second-order valence-corrected chi connectivity index (χ2v) is 6.79. The number of benzene rings is 1.